The van der Waals surface area contributed by atoms with Crippen molar-refractivity contribution in [2.75, 3.05) is 0 Å². The van der Waals surface area contributed by atoms with Crippen molar-refractivity contribution in [3.63, 3.8) is 0 Å². The Morgan fingerprint density at radius 3 is 1.50 bits per heavy atom. The number of benzene rings is 7. The first-order chi connectivity index (χ1) is 24.8. The highest BCUT2D eigenvalue weighted by atomic mass is 16.5. The van der Waals surface area contributed by atoms with Gasteiger partial charge < -0.3 is 4.74 Å². The molecule has 9 rings (SSSR count). The van der Waals surface area contributed by atoms with E-state index in [1.807, 2.05) is 6.07 Å². The molecule has 0 saturated heterocycles. The summed E-state index contributed by atoms with van der Waals surface area (Å²) in [4.78, 5) is 5.27. The molecular formula is C48H33NO. The summed E-state index contributed by atoms with van der Waals surface area (Å²) in [5.74, 6) is 0.936. The van der Waals surface area contributed by atoms with E-state index in [0.717, 1.165) is 45.0 Å². The molecule has 7 aromatic carbocycles. The van der Waals surface area contributed by atoms with Crippen LogP contribution in [0.15, 0.2) is 188 Å². The van der Waals surface area contributed by atoms with Crippen LogP contribution in [0.2, 0.25) is 0 Å². The number of hydrogen-bond donors (Lipinski definition) is 0. The molecule has 0 aliphatic carbocycles. The predicted octanol–water partition coefficient (Wildman–Crippen LogP) is 12.6. The van der Waals surface area contributed by atoms with Crippen LogP contribution < -0.4 is 4.74 Å². The minimum Gasteiger partial charge on any atom is -0.488 e. The van der Waals surface area contributed by atoms with E-state index in [2.05, 4.69) is 182 Å². The second-order valence-electron chi connectivity index (χ2n) is 12.7. The second kappa shape index (κ2) is 12.8. The summed E-state index contributed by atoms with van der Waals surface area (Å²) in [5, 5.41) is 0. The summed E-state index contributed by atoms with van der Waals surface area (Å²) < 4.78 is 6.07. The molecule has 0 unspecified atom stereocenters. The number of fused-ring (bicyclic) bond motifs is 3. The van der Waals surface area contributed by atoms with Crippen molar-refractivity contribution in [3.8, 4) is 83.9 Å². The third-order valence-electron chi connectivity index (χ3n) is 9.60. The van der Waals surface area contributed by atoms with Gasteiger partial charge in [0.05, 0.1) is 11.4 Å². The van der Waals surface area contributed by atoms with Crippen LogP contribution in [0.1, 0.15) is 5.56 Å². The fourth-order valence-electron chi connectivity index (χ4n) is 7.02. The van der Waals surface area contributed by atoms with Crippen LogP contribution in [0.25, 0.3) is 78.1 Å². The number of para-hydroxylation sites is 1. The molecule has 1 aromatic heterocycles. The zero-order chi connectivity index (χ0) is 33.3. The Morgan fingerprint density at radius 1 is 0.340 bits per heavy atom. The SMILES string of the molecule is c1ccc(-c2ccc(-c3cc(-c4cccc(-c5ccccc5)c4)cc(-c4ccc(-c5cccc6c5-c5ccccc5OC6)cc4)n3)cc2)cc1. The van der Waals surface area contributed by atoms with Gasteiger partial charge in [-0.1, -0.05) is 164 Å². The maximum atomic E-state index is 6.07. The molecular weight excluding hydrogens is 607 g/mol. The Labute approximate surface area is 293 Å². The molecule has 2 heterocycles. The zero-order valence-electron chi connectivity index (χ0n) is 27.5. The maximum Gasteiger partial charge on any atom is 0.127 e. The van der Waals surface area contributed by atoms with Gasteiger partial charge in [0.1, 0.15) is 12.4 Å². The monoisotopic (exact) mass is 639 g/mol. The molecule has 8 aromatic rings. The van der Waals surface area contributed by atoms with Crippen molar-refractivity contribution in [2.45, 2.75) is 6.61 Å². The van der Waals surface area contributed by atoms with Crippen molar-refractivity contribution in [2.24, 2.45) is 0 Å². The number of pyridine rings is 1. The molecule has 1 aliphatic heterocycles. The fourth-order valence-corrected chi connectivity index (χ4v) is 7.02. The van der Waals surface area contributed by atoms with E-state index in [1.165, 1.54) is 44.5 Å². The highest BCUT2D eigenvalue weighted by Gasteiger charge is 2.20. The summed E-state index contributed by atoms with van der Waals surface area (Å²) in [7, 11) is 0. The summed E-state index contributed by atoms with van der Waals surface area (Å²) in [6.45, 7) is 0.579. The largest absolute Gasteiger partial charge is 0.488 e. The molecule has 0 radical (unpaired) electrons. The molecule has 0 saturated carbocycles. The van der Waals surface area contributed by atoms with E-state index < -0.39 is 0 Å². The van der Waals surface area contributed by atoms with Gasteiger partial charge in [0, 0.05) is 16.7 Å². The van der Waals surface area contributed by atoms with Crippen molar-refractivity contribution < 1.29 is 4.74 Å². The van der Waals surface area contributed by atoms with Gasteiger partial charge in [-0.25, -0.2) is 4.98 Å². The minimum absolute atomic E-state index is 0.579. The standard InChI is InChI=1S/C48H33NO/c1-3-11-33(12-4-1)35-21-25-37(26-22-35)45-30-42(40-16-9-15-39(29-40)34-13-5-2-6-14-34)31-46(49-45)38-27-23-36(24-28-38)43-19-10-17-41-32-50-47-20-8-7-18-44(47)48(41)43/h1-31H,32H2. The van der Waals surface area contributed by atoms with Crippen molar-refractivity contribution in [3.05, 3.63) is 194 Å². The summed E-state index contributed by atoms with van der Waals surface area (Å²) in [6.07, 6.45) is 0. The first-order valence-corrected chi connectivity index (χ1v) is 17.1. The maximum absolute atomic E-state index is 6.07. The summed E-state index contributed by atoms with van der Waals surface area (Å²) in [6, 6.07) is 66.7. The molecule has 0 spiro atoms. The molecule has 0 atom stereocenters. The molecule has 0 amide bonds. The number of ether oxygens (including phenoxy) is 1. The van der Waals surface area contributed by atoms with E-state index >= 15 is 0 Å². The van der Waals surface area contributed by atoms with Gasteiger partial charge in [0.2, 0.25) is 0 Å². The minimum atomic E-state index is 0.579. The quantitative estimate of drug-likeness (QED) is 0.181. The number of nitrogens with zero attached hydrogens (tertiary/aromatic N) is 1. The molecule has 2 heteroatoms. The highest BCUT2D eigenvalue weighted by Crippen LogP contribution is 2.43. The molecule has 0 bridgehead atoms. The Balaban J connectivity index is 1.13. The molecule has 0 fully saturated rings. The normalized spacial score (nSPS) is 11.7. The van der Waals surface area contributed by atoms with Crippen LogP contribution in [0.4, 0.5) is 0 Å². The van der Waals surface area contributed by atoms with Crippen LogP contribution in [-0.4, -0.2) is 4.98 Å². The first-order valence-electron chi connectivity index (χ1n) is 17.1. The van der Waals surface area contributed by atoms with E-state index in [9.17, 15) is 0 Å². The van der Waals surface area contributed by atoms with E-state index in [1.54, 1.807) is 0 Å². The van der Waals surface area contributed by atoms with Gasteiger partial charge in [-0.05, 0) is 79.9 Å². The van der Waals surface area contributed by atoms with E-state index in [4.69, 9.17) is 9.72 Å². The Hall–Kier alpha value is -6.51. The van der Waals surface area contributed by atoms with Gasteiger partial charge in [-0.3, -0.25) is 0 Å². The lowest BCUT2D eigenvalue weighted by Crippen LogP contribution is -2.06. The van der Waals surface area contributed by atoms with Gasteiger partial charge in [-0.2, -0.15) is 0 Å². The lowest BCUT2D eigenvalue weighted by molar-refractivity contribution is 0.302. The van der Waals surface area contributed by atoms with Crippen LogP contribution >= 0.6 is 0 Å². The van der Waals surface area contributed by atoms with Gasteiger partial charge in [-0.15, -0.1) is 0 Å². The van der Waals surface area contributed by atoms with Crippen LogP contribution in [0, 0.1) is 0 Å². The van der Waals surface area contributed by atoms with Gasteiger partial charge in [0.15, 0.2) is 0 Å². The third-order valence-corrected chi connectivity index (χ3v) is 9.60. The zero-order valence-corrected chi connectivity index (χ0v) is 27.5. The van der Waals surface area contributed by atoms with Crippen molar-refractivity contribution in [1.29, 1.82) is 0 Å². The van der Waals surface area contributed by atoms with Crippen molar-refractivity contribution >= 4 is 0 Å². The number of aromatic nitrogens is 1. The smallest absolute Gasteiger partial charge is 0.127 e. The lowest BCUT2D eigenvalue weighted by Gasteiger charge is -2.23. The second-order valence-corrected chi connectivity index (χ2v) is 12.7. The molecule has 236 valence electrons. The van der Waals surface area contributed by atoms with E-state index in [-0.39, 0.29) is 0 Å². The van der Waals surface area contributed by atoms with E-state index in [0.29, 0.717) is 6.61 Å². The fraction of sp³-hybridized carbons (Fsp3) is 0.0208. The molecule has 0 N–H and O–H groups in total. The number of hydrogen-bond acceptors (Lipinski definition) is 2. The lowest BCUT2D eigenvalue weighted by atomic mass is 9.88. The average molecular weight is 640 g/mol. The summed E-state index contributed by atoms with van der Waals surface area (Å²) >= 11 is 0. The van der Waals surface area contributed by atoms with Gasteiger partial charge in [0.25, 0.3) is 0 Å². The Kier molecular flexibility index (Phi) is 7.60. The molecule has 1 aliphatic rings. The first kappa shape index (κ1) is 29.6. The van der Waals surface area contributed by atoms with Gasteiger partial charge >= 0.3 is 0 Å². The topological polar surface area (TPSA) is 22.1 Å². The average Bonchev–Trinajstić information content (AvgIpc) is 3.21. The third kappa shape index (κ3) is 5.67. The Bertz CT molecular complexity index is 2450. The molecule has 50 heavy (non-hydrogen) atoms. The highest BCUT2D eigenvalue weighted by molar-refractivity contribution is 5.90. The van der Waals surface area contributed by atoms with Crippen molar-refractivity contribution in [1.82, 2.24) is 4.98 Å². The summed E-state index contributed by atoms with van der Waals surface area (Å²) in [5.41, 5.74) is 17.1. The molecule has 2 nitrogen and oxygen atoms in total. The van der Waals surface area contributed by atoms with Crippen LogP contribution in [0.3, 0.4) is 0 Å². The predicted molar refractivity (Wildman–Crippen MR) is 207 cm³/mol. The van der Waals surface area contributed by atoms with Crippen LogP contribution in [0.5, 0.6) is 5.75 Å². The van der Waals surface area contributed by atoms with Crippen LogP contribution in [-0.2, 0) is 6.61 Å². The number of rotatable bonds is 6. The Morgan fingerprint density at radius 2 is 0.820 bits per heavy atom.